The van der Waals surface area contributed by atoms with Crippen molar-refractivity contribution in [2.45, 2.75) is 12.8 Å². The Kier molecular flexibility index (Phi) is 6.37. The molecule has 0 radical (unpaired) electrons. The number of hydrogen-bond acceptors (Lipinski definition) is 3. The van der Waals surface area contributed by atoms with Gasteiger partial charge in [0.15, 0.2) is 6.61 Å². The van der Waals surface area contributed by atoms with Crippen molar-refractivity contribution in [2.24, 2.45) is 0 Å². The van der Waals surface area contributed by atoms with Gasteiger partial charge < -0.3 is 15.0 Å². The third-order valence-corrected chi connectivity index (χ3v) is 3.48. The van der Waals surface area contributed by atoms with Crippen LogP contribution in [0.15, 0.2) is 54.6 Å². The summed E-state index contributed by atoms with van der Waals surface area (Å²) in [5.41, 5.74) is 1.85. The molecule has 24 heavy (non-hydrogen) atoms. The first-order valence-electron chi connectivity index (χ1n) is 7.81. The lowest BCUT2D eigenvalue weighted by Crippen LogP contribution is -2.27. The van der Waals surface area contributed by atoms with Gasteiger partial charge in [-0.1, -0.05) is 30.3 Å². The van der Waals surface area contributed by atoms with Gasteiger partial charge in [-0.25, -0.2) is 0 Å². The van der Waals surface area contributed by atoms with Crippen LogP contribution in [0.1, 0.15) is 12.0 Å². The molecule has 0 aliphatic heterocycles. The molecular formula is C19H22N2O3. The van der Waals surface area contributed by atoms with Crippen molar-refractivity contribution in [3.8, 4) is 5.75 Å². The van der Waals surface area contributed by atoms with Crippen LogP contribution >= 0.6 is 0 Å². The standard InChI is InChI=1S/C19H22N2O3/c1-21(2)19(23)14-24-17-11-9-16(10-12-17)20-18(22)13-8-15-6-4-3-5-7-15/h3-7,9-12H,8,13-14H2,1-2H3,(H,20,22). The molecule has 0 aliphatic carbocycles. The summed E-state index contributed by atoms with van der Waals surface area (Å²) < 4.78 is 5.39. The molecule has 0 aliphatic rings. The zero-order chi connectivity index (χ0) is 17.4. The van der Waals surface area contributed by atoms with E-state index < -0.39 is 0 Å². The van der Waals surface area contributed by atoms with Crippen LogP contribution in [0.2, 0.25) is 0 Å². The van der Waals surface area contributed by atoms with E-state index in [1.807, 2.05) is 30.3 Å². The second-order valence-electron chi connectivity index (χ2n) is 5.63. The van der Waals surface area contributed by atoms with E-state index in [2.05, 4.69) is 5.32 Å². The summed E-state index contributed by atoms with van der Waals surface area (Å²) in [7, 11) is 3.36. The van der Waals surface area contributed by atoms with Crippen molar-refractivity contribution in [1.29, 1.82) is 0 Å². The number of nitrogens with one attached hydrogen (secondary N) is 1. The van der Waals surface area contributed by atoms with E-state index in [1.54, 1.807) is 38.4 Å². The molecule has 2 amide bonds. The first-order valence-corrected chi connectivity index (χ1v) is 7.81. The second-order valence-corrected chi connectivity index (χ2v) is 5.63. The summed E-state index contributed by atoms with van der Waals surface area (Å²) >= 11 is 0. The van der Waals surface area contributed by atoms with Crippen LogP contribution in [0.25, 0.3) is 0 Å². The third-order valence-electron chi connectivity index (χ3n) is 3.48. The molecule has 0 saturated heterocycles. The Bertz CT molecular complexity index is 667. The molecule has 0 atom stereocenters. The van der Waals surface area contributed by atoms with Gasteiger partial charge >= 0.3 is 0 Å². The van der Waals surface area contributed by atoms with Crippen LogP contribution in [0.3, 0.4) is 0 Å². The van der Waals surface area contributed by atoms with Crippen molar-refractivity contribution in [1.82, 2.24) is 4.90 Å². The van der Waals surface area contributed by atoms with Gasteiger partial charge in [0, 0.05) is 26.2 Å². The van der Waals surface area contributed by atoms with Gasteiger partial charge in [0.25, 0.3) is 5.91 Å². The van der Waals surface area contributed by atoms with E-state index in [1.165, 1.54) is 4.90 Å². The van der Waals surface area contributed by atoms with Crippen LogP contribution in [0.5, 0.6) is 5.75 Å². The van der Waals surface area contributed by atoms with Crippen molar-refractivity contribution >= 4 is 17.5 Å². The van der Waals surface area contributed by atoms with Gasteiger partial charge in [-0.15, -0.1) is 0 Å². The first-order chi connectivity index (χ1) is 11.5. The predicted molar refractivity (Wildman–Crippen MR) is 94.0 cm³/mol. The highest BCUT2D eigenvalue weighted by Crippen LogP contribution is 2.16. The molecule has 5 heteroatoms. The SMILES string of the molecule is CN(C)C(=O)COc1ccc(NC(=O)CCc2ccccc2)cc1. The molecule has 2 aromatic carbocycles. The fourth-order valence-corrected chi connectivity index (χ4v) is 2.03. The van der Waals surface area contributed by atoms with Crippen molar-refractivity contribution in [3.05, 3.63) is 60.2 Å². The minimum absolute atomic E-state index is 0.00419. The van der Waals surface area contributed by atoms with Crippen molar-refractivity contribution in [2.75, 3.05) is 26.0 Å². The molecule has 0 spiro atoms. The normalized spacial score (nSPS) is 10.1. The maximum atomic E-state index is 12.0. The van der Waals surface area contributed by atoms with Gasteiger partial charge in [0.2, 0.25) is 5.91 Å². The quantitative estimate of drug-likeness (QED) is 0.851. The number of ether oxygens (including phenoxy) is 1. The number of benzene rings is 2. The van der Waals surface area contributed by atoms with E-state index in [4.69, 9.17) is 4.74 Å². The van der Waals surface area contributed by atoms with Gasteiger partial charge in [-0.2, -0.15) is 0 Å². The molecule has 2 rings (SSSR count). The monoisotopic (exact) mass is 326 g/mol. The molecular weight excluding hydrogens is 304 g/mol. The zero-order valence-electron chi connectivity index (χ0n) is 14.0. The number of aryl methyl sites for hydroxylation is 1. The highest BCUT2D eigenvalue weighted by atomic mass is 16.5. The zero-order valence-corrected chi connectivity index (χ0v) is 14.0. The summed E-state index contributed by atoms with van der Waals surface area (Å²) in [4.78, 5) is 24.9. The largest absolute Gasteiger partial charge is 0.484 e. The average Bonchev–Trinajstić information content (AvgIpc) is 2.60. The van der Waals surface area contributed by atoms with Gasteiger partial charge in [-0.3, -0.25) is 9.59 Å². The Hall–Kier alpha value is -2.82. The molecule has 2 aromatic rings. The summed E-state index contributed by atoms with van der Waals surface area (Å²) in [6.45, 7) is -0.00419. The van der Waals surface area contributed by atoms with Crippen LogP contribution in [-0.2, 0) is 16.0 Å². The molecule has 0 heterocycles. The van der Waals surface area contributed by atoms with Gasteiger partial charge in [0.05, 0.1) is 0 Å². The minimum Gasteiger partial charge on any atom is -0.484 e. The highest BCUT2D eigenvalue weighted by molar-refractivity contribution is 5.90. The third kappa shape index (κ3) is 5.76. The summed E-state index contributed by atoms with van der Waals surface area (Å²) in [5, 5.41) is 2.85. The maximum absolute atomic E-state index is 12.0. The Labute approximate surface area is 142 Å². The Balaban J connectivity index is 1.78. The Morgan fingerprint density at radius 3 is 2.29 bits per heavy atom. The van der Waals surface area contributed by atoms with E-state index in [0.717, 1.165) is 5.56 Å². The van der Waals surface area contributed by atoms with E-state index in [9.17, 15) is 9.59 Å². The number of nitrogens with zero attached hydrogens (tertiary/aromatic N) is 1. The highest BCUT2D eigenvalue weighted by Gasteiger charge is 2.06. The lowest BCUT2D eigenvalue weighted by molar-refractivity contribution is -0.130. The smallest absolute Gasteiger partial charge is 0.259 e. The fourth-order valence-electron chi connectivity index (χ4n) is 2.03. The molecule has 1 N–H and O–H groups in total. The first kappa shape index (κ1) is 17.5. The molecule has 0 bridgehead atoms. The Morgan fingerprint density at radius 1 is 1.00 bits per heavy atom. The number of amides is 2. The second kappa shape index (κ2) is 8.72. The van der Waals surface area contributed by atoms with Crippen molar-refractivity contribution in [3.63, 3.8) is 0 Å². The average molecular weight is 326 g/mol. The summed E-state index contributed by atoms with van der Waals surface area (Å²) in [5.74, 6) is 0.455. The lowest BCUT2D eigenvalue weighted by Gasteiger charge is -2.11. The number of hydrogen-bond donors (Lipinski definition) is 1. The fraction of sp³-hybridized carbons (Fsp3) is 0.263. The molecule has 0 fully saturated rings. The summed E-state index contributed by atoms with van der Waals surface area (Å²) in [6.07, 6.45) is 1.14. The molecule has 5 nitrogen and oxygen atoms in total. The number of carbonyl (C=O) groups excluding carboxylic acids is 2. The minimum atomic E-state index is -0.103. The lowest BCUT2D eigenvalue weighted by atomic mass is 10.1. The number of anilines is 1. The summed E-state index contributed by atoms with van der Waals surface area (Å²) in [6, 6.07) is 16.9. The van der Waals surface area contributed by atoms with Crippen LogP contribution in [0, 0.1) is 0 Å². The van der Waals surface area contributed by atoms with E-state index in [-0.39, 0.29) is 18.4 Å². The molecule has 0 aromatic heterocycles. The van der Waals surface area contributed by atoms with Gasteiger partial charge in [-0.05, 0) is 36.2 Å². The van der Waals surface area contributed by atoms with Gasteiger partial charge in [0.1, 0.15) is 5.75 Å². The molecule has 126 valence electrons. The van der Waals surface area contributed by atoms with Crippen LogP contribution in [-0.4, -0.2) is 37.4 Å². The number of likely N-dealkylation sites (N-methyl/N-ethyl adjacent to an activating group) is 1. The Morgan fingerprint density at radius 2 is 1.67 bits per heavy atom. The van der Waals surface area contributed by atoms with Crippen LogP contribution in [0.4, 0.5) is 5.69 Å². The van der Waals surface area contributed by atoms with Crippen LogP contribution < -0.4 is 10.1 Å². The van der Waals surface area contributed by atoms with Crippen molar-refractivity contribution < 1.29 is 14.3 Å². The number of rotatable bonds is 7. The number of carbonyl (C=O) groups is 2. The molecule has 0 unspecified atom stereocenters. The molecule has 0 saturated carbocycles. The predicted octanol–water partition coefficient (Wildman–Crippen LogP) is 2.72. The topological polar surface area (TPSA) is 58.6 Å². The maximum Gasteiger partial charge on any atom is 0.259 e. The van der Waals surface area contributed by atoms with E-state index in [0.29, 0.717) is 24.3 Å². The van der Waals surface area contributed by atoms with E-state index >= 15 is 0 Å².